The van der Waals surface area contributed by atoms with Crippen LogP contribution in [0.4, 0.5) is 4.79 Å². The lowest BCUT2D eigenvalue weighted by atomic mass is 10.1. The van der Waals surface area contributed by atoms with Crippen LogP contribution in [0, 0.1) is 0 Å². The molecule has 8 nitrogen and oxygen atoms in total. The van der Waals surface area contributed by atoms with Crippen molar-refractivity contribution in [2.45, 2.75) is 56.8 Å². The zero-order chi connectivity index (χ0) is 28.3. The van der Waals surface area contributed by atoms with Crippen molar-refractivity contribution in [3.63, 3.8) is 0 Å². The number of methoxy groups -OCH3 is 1. The van der Waals surface area contributed by atoms with Crippen LogP contribution < -0.4 is 20.9 Å². The highest BCUT2D eigenvalue weighted by atomic mass is 35.5. The minimum atomic E-state index is -0.688. The van der Waals surface area contributed by atoms with Crippen LogP contribution in [0.3, 0.4) is 0 Å². The lowest BCUT2D eigenvalue weighted by Crippen LogP contribution is -2.38. The first-order chi connectivity index (χ1) is 18.4. The van der Waals surface area contributed by atoms with Gasteiger partial charge in [-0.05, 0) is 63.1 Å². The molecule has 3 aromatic rings. The molecule has 2 amide bonds. The van der Waals surface area contributed by atoms with E-state index in [4.69, 9.17) is 21.1 Å². The fraction of sp³-hybridized carbons (Fsp3) is 0.345. The number of benzene rings is 2. The molecule has 0 bridgehead atoms. The summed E-state index contributed by atoms with van der Waals surface area (Å²) >= 11 is 7.41. The van der Waals surface area contributed by atoms with Gasteiger partial charge in [-0.3, -0.25) is 9.59 Å². The highest BCUT2D eigenvalue weighted by molar-refractivity contribution is 7.99. The first-order valence-corrected chi connectivity index (χ1v) is 13.9. The van der Waals surface area contributed by atoms with E-state index in [2.05, 4.69) is 10.6 Å². The second-order valence-corrected chi connectivity index (χ2v) is 11.8. The van der Waals surface area contributed by atoms with Gasteiger partial charge in [0, 0.05) is 21.9 Å². The van der Waals surface area contributed by atoms with E-state index in [1.54, 1.807) is 46.2 Å². The molecule has 2 heterocycles. The second-order valence-electron chi connectivity index (χ2n) is 10.3. The number of rotatable bonds is 7. The molecule has 206 valence electrons. The summed E-state index contributed by atoms with van der Waals surface area (Å²) in [5, 5.41) is 6.45. The van der Waals surface area contributed by atoms with Crippen LogP contribution in [0.2, 0.25) is 5.02 Å². The van der Waals surface area contributed by atoms with Crippen LogP contribution in [0.1, 0.15) is 66.8 Å². The molecule has 0 aliphatic carbocycles. The van der Waals surface area contributed by atoms with Crippen molar-refractivity contribution >= 4 is 35.4 Å². The number of ether oxygens (including phenoxy) is 2. The quantitative estimate of drug-likeness (QED) is 0.377. The van der Waals surface area contributed by atoms with Crippen LogP contribution in [-0.4, -0.2) is 35.0 Å². The van der Waals surface area contributed by atoms with Crippen LogP contribution in [0.25, 0.3) is 0 Å². The highest BCUT2D eigenvalue weighted by Gasteiger charge is 2.34. The summed E-state index contributed by atoms with van der Waals surface area (Å²) in [6.07, 6.45) is 0.974. The van der Waals surface area contributed by atoms with Gasteiger partial charge < -0.3 is 24.7 Å². The van der Waals surface area contributed by atoms with E-state index in [9.17, 15) is 14.4 Å². The number of halogens is 1. The van der Waals surface area contributed by atoms with E-state index in [1.165, 1.54) is 16.3 Å². The molecule has 10 heteroatoms. The second kappa shape index (κ2) is 11.8. The number of hydrogen-bond donors (Lipinski definition) is 2. The molecule has 4 rings (SSSR count). The smallest absolute Gasteiger partial charge is 0.408 e. The zero-order valence-electron chi connectivity index (χ0n) is 22.5. The van der Waals surface area contributed by atoms with Crippen molar-refractivity contribution in [3.05, 3.63) is 92.4 Å². The molecule has 2 aromatic carbocycles. The third-order valence-electron chi connectivity index (χ3n) is 6.17. The summed E-state index contributed by atoms with van der Waals surface area (Å²) in [6.45, 7) is 7.45. The van der Waals surface area contributed by atoms with Gasteiger partial charge in [0.25, 0.3) is 11.5 Å². The minimum Gasteiger partial charge on any atom is -0.497 e. The maximum atomic E-state index is 13.7. The van der Waals surface area contributed by atoms with Crippen LogP contribution >= 0.6 is 23.4 Å². The van der Waals surface area contributed by atoms with Gasteiger partial charge in [-0.25, -0.2) is 4.79 Å². The van der Waals surface area contributed by atoms with Crippen molar-refractivity contribution in [2.75, 3.05) is 12.9 Å². The third-order valence-corrected chi connectivity index (χ3v) is 7.65. The number of thioether (sulfide) groups is 1. The monoisotopic (exact) mass is 569 g/mol. The predicted molar refractivity (Wildman–Crippen MR) is 153 cm³/mol. The Morgan fingerprint density at radius 2 is 1.79 bits per heavy atom. The number of nitrogens with zero attached hydrogens (tertiary/aromatic N) is 1. The number of fused-ring (bicyclic) bond motifs is 1. The number of amides is 2. The van der Waals surface area contributed by atoms with Gasteiger partial charge in [0.2, 0.25) is 0 Å². The maximum absolute atomic E-state index is 13.7. The molecule has 1 aliphatic rings. The standard InChI is InChI=1S/C29H32ClN3O5S/c1-17(19-8-12-21(37-5)13-9-19)31-26(34)22-15-33(14-18-6-10-20(30)11-7-18)27(35)24-23(16-39-25(22)24)32-28(36)38-29(2,3)4/h6-13,15,17,23H,14,16H2,1-5H3,(H,31,34)(H,32,36)/t17-,23-/m0/s1. The van der Waals surface area contributed by atoms with Gasteiger partial charge in [-0.2, -0.15) is 0 Å². The summed E-state index contributed by atoms with van der Waals surface area (Å²) < 4.78 is 12.1. The molecule has 1 aromatic heterocycles. The molecule has 1 aliphatic heterocycles. The van der Waals surface area contributed by atoms with Crippen LogP contribution in [-0.2, 0) is 11.3 Å². The summed E-state index contributed by atoms with van der Waals surface area (Å²) in [5.41, 5.74) is 1.55. The number of nitrogens with one attached hydrogen (secondary N) is 2. The van der Waals surface area contributed by atoms with E-state index in [-0.39, 0.29) is 24.1 Å². The highest BCUT2D eigenvalue weighted by Crippen LogP contribution is 2.39. The normalized spacial score (nSPS) is 15.3. The Kier molecular flexibility index (Phi) is 8.61. The summed E-state index contributed by atoms with van der Waals surface area (Å²) in [6, 6.07) is 13.7. The van der Waals surface area contributed by atoms with Gasteiger partial charge in [-0.15, -0.1) is 11.8 Å². The predicted octanol–water partition coefficient (Wildman–Crippen LogP) is 5.72. The topological polar surface area (TPSA) is 98.7 Å². The first-order valence-electron chi connectivity index (χ1n) is 12.5. The Hall–Kier alpha value is -3.43. The summed E-state index contributed by atoms with van der Waals surface area (Å²) in [7, 11) is 1.60. The molecular weight excluding hydrogens is 538 g/mol. The molecule has 39 heavy (non-hydrogen) atoms. The minimum absolute atomic E-state index is 0.238. The number of aromatic nitrogens is 1. The van der Waals surface area contributed by atoms with Crippen molar-refractivity contribution in [2.24, 2.45) is 0 Å². The maximum Gasteiger partial charge on any atom is 0.408 e. The van der Waals surface area contributed by atoms with E-state index < -0.39 is 17.7 Å². The lowest BCUT2D eigenvalue weighted by molar-refractivity contribution is 0.0508. The Morgan fingerprint density at radius 1 is 1.13 bits per heavy atom. The molecule has 2 atom stereocenters. The van der Waals surface area contributed by atoms with Gasteiger partial charge in [0.1, 0.15) is 11.4 Å². The third kappa shape index (κ3) is 6.96. The van der Waals surface area contributed by atoms with Crippen molar-refractivity contribution in [3.8, 4) is 5.75 Å². The Labute approximate surface area is 237 Å². The van der Waals surface area contributed by atoms with E-state index in [1.807, 2.05) is 43.3 Å². The Bertz CT molecular complexity index is 1420. The SMILES string of the molecule is COc1ccc([C@H](C)NC(=O)c2cn(Cc3ccc(Cl)cc3)c(=O)c3c2SC[C@@H]3NC(=O)OC(C)(C)C)cc1. The number of carbonyl (C=O) groups is 2. The molecular formula is C29H32ClN3O5S. The van der Waals surface area contributed by atoms with Crippen LogP contribution in [0.15, 0.2) is 64.4 Å². The lowest BCUT2D eigenvalue weighted by Gasteiger charge is -2.22. The van der Waals surface area contributed by atoms with Gasteiger partial charge in [-0.1, -0.05) is 35.9 Å². The average Bonchev–Trinajstić information content (AvgIpc) is 3.29. The van der Waals surface area contributed by atoms with Gasteiger partial charge >= 0.3 is 6.09 Å². The number of carbonyl (C=O) groups excluding carboxylic acids is 2. The van der Waals surface area contributed by atoms with Gasteiger partial charge in [0.05, 0.1) is 36.9 Å². The molecule has 0 radical (unpaired) electrons. The Balaban J connectivity index is 1.68. The van der Waals surface area contributed by atoms with E-state index in [0.29, 0.717) is 26.8 Å². The fourth-order valence-electron chi connectivity index (χ4n) is 4.26. The zero-order valence-corrected chi connectivity index (χ0v) is 24.1. The largest absolute Gasteiger partial charge is 0.497 e. The number of pyridine rings is 1. The van der Waals surface area contributed by atoms with E-state index in [0.717, 1.165) is 16.9 Å². The molecule has 0 fully saturated rings. The number of hydrogen-bond acceptors (Lipinski definition) is 6. The summed E-state index contributed by atoms with van der Waals surface area (Å²) in [5.74, 6) is 0.817. The first kappa shape index (κ1) is 28.6. The van der Waals surface area contributed by atoms with Gasteiger partial charge in [0.15, 0.2) is 0 Å². The van der Waals surface area contributed by atoms with Crippen molar-refractivity contribution in [1.29, 1.82) is 0 Å². The van der Waals surface area contributed by atoms with E-state index >= 15 is 0 Å². The number of alkyl carbamates (subject to hydrolysis) is 1. The Morgan fingerprint density at radius 3 is 2.41 bits per heavy atom. The molecule has 0 spiro atoms. The molecule has 0 unspecified atom stereocenters. The average molecular weight is 570 g/mol. The van der Waals surface area contributed by atoms with Crippen molar-refractivity contribution in [1.82, 2.24) is 15.2 Å². The molecule has 0 saturated heterocycles. The fourth-order valence-corrected chi connectivity index (χ4v) is 5.66. The molecule has 0 saturated carbocycles. The summed E-state index contributed by atoms with van der Waals surface area (Å²) in [4.78, 5) is 40.4. The van der Waals surface area contributed by atoms with Crippen molar-refractivity contribution < 1.29 is 19.1 Å². The molecule has 2 N–H and O–H groups in total. The van der Waals surface area contributed by atoms with Crippen LogP contribution in [0.5, 0.6) is 5.75 Å².